The van der Waals surface area contributed by atoms with Crippen LogP contribution in [0.3, 0.4) is 0 Å². The summed E-state index contributed by atoms with van der Waals surface area (Å²) in [6.07, 6.45) is 7.98. The molecule has 288 valence electrons. The molecule has 1 unspecified atom stereocenters. The van der Waals surface area contributed by atoms with E-state index in [1.54, 1.807) is 24.4 Å². The lowest BCUT2D eigenvalue weighted by Gasteiger charge is -2.62. The number of hydrogen-bond donors (Lipinski definition) is 4. The number of nitrogens with one attached hydrogen (secondary N) is 1. The maximum atomic E-state index is 14.5. The van der Waals surface area contributed by atoms with Crippen molar-refractivity contribution in [3.05, 3.63) is 114 Å². The lowest BCUT2D eigenvalue weighted by molar-refractivity contribution is -0.167. The van der Waals surface area contributed by atoms with Crippen molar-refractivity contribution in [3.8, 4) is 5.75 Å². The molecule has 6 N–H and O–H groups in total. The van der Waals surface area contributed by atoms with Crippen LogP contribution in [0.1, 0.15) is 61.1 Å². The zero-order valence-electron chi connectivity index (χ0n) is 31.5. The molecule has 0 aromatic heterocycles. The van der Waals surface area contributed by atoms with E-state index in [2.05, 4.69) is 49.2 Å². The Bertz CT molecular complexity index is 1950. The standard InChI is InChI=1S/C44H53N7O4/c45-25-35(24-38(46)37-8-4-5-9-39(37)52)50-22-18-44(19-23-50,33-6-2-1-3-7-33)42(55)51-29-43(30-51)27-48(28-43)26-31-16-20-49(21-17-31)34-12-10-32(11-13-34)36-14-15-40(53)47-41(36)54/h1-13,24-25,31,36,52H,14-23,26-30,45-46H2,(H,47,53,54)/b35-25+,38-24-. The molecule has 5 saturated heterocycles. The highest BCUT2D eigenvalue weighted by molar-refractivity contribution is 6.01. The van der Waals surface area contributed by atoms with Gasteiger partial charge in [-0.3, -0.25) is 19.7 Å². The maximum Gasteiger partial charge on any atom is 0.234 e. The van der Waals surface area contributed by atoms with Crippen LogP contribution in [0.5, 0.6) is 5.75 Å². The normalized spacial score (nSPS) is 23.3. The second kappa shape index (κ2) is 15.1. The molecule has 11 heteroatoms. The van der Waals surface area contributed by atoms with E-state index in [-0.39, 0.29) is 34.8 Å². The molecule has 3 aromatic rings. The summed E-state index contributed by atoms with van der Waals surface area (Å²) in [5, 5.41) is 12.8. The Labute approximate surface area is 323 Å². The first kappa shape index (κ1) is 36.7. The number of phenols is 1. The van der Waals surface area contributed by atoms with Gasteiger partial charge in [-0.2, -0.15) is 0 Å². The molecule has 0 radical (unpaired) electrons. The SMILES string of the molecule is N/C=C(\C=C(/N)c1ccccc1O)N1CCC(C(=O)N2CC3(CN(CC4CCN(c5ccc(C6CCC(=O)NC6=O)cc5)CC4)C3)C2)(c2ccccc2)CC1. The van der Waals surface area contributed by atoms with E-state index in [4.69, 9.17) is 11.5 Å². The van der Waals surface area contributed by atoms with Crippen molar-refractivity contribution in [1.29, 1.82) is 0 Å². The second-order valence-electron chi connectivity index (χ2n) is 16.5. The summed E-state index contributed by atoms with van der Waals surface area (Å²) in [5.41, 5.74) is 17.1. The van der Waals surface area contributed by atoms with Gasteiger partial charge in [0.2, 0.25) is 17.7 Å². The molecule has 0 aliphatic carbocycles. The average Bonchev–Trinajstić information content (AvgIpc) is 3.18. The third-order valence-corrected chi connectivity index (χ3v) is 12.9. The predicted octanol–water partition coefficient (Wildman–Crippen LogP) is 4.11. The molecule has 3 aromatic carbocycles. The summed E-state index contributed by atoms with van der Waals surface area (Å²) in [6, 6.07) is 25.6. The van der Waals surface area contributed by atoms with Crippen molar-refractivity contribution in [2.45, 2.75) is 49.9 Å². The maximum absolute atomic E-state index is 14.5. The Morgan fingerprint density at radius 3 is 2.16 bits per heavy atom. The molecular weight excluding hydrogens is 691 g/mol. The van der Waals surface area contributed by atoms with Crippen molar-refractivity contribution < 1.29 is 19.5 Å². The summed E-state index contributed by atoms with van der Waals surface area (Å²) in [6.45, 7) is 8.23. The minimum atomic E-state index is -0.589. The van der Waals surface area contributed by atoms with Gasteiger partial charge in [-0.15, -0.1) is 0 Å². The van der Waals surface area contributed by atoms with Gasteiger partial charge >= 0.3 is 0 Å². The molecule has 5 aliphatic heterocycles. The van der Waals surface area contributed by atoms with Gasteiger partial charge in [0.25, 0.3) is 0 Å². The number of phenolic OH excluding ortho intramolecular Hbond substituents is 1. The summed E-state index contributed by atoms with van der Waals surface area (Å²) >= 11 is 0. The number of carbonyl (C=O) groups is 3. The van der Waals surface area contributed by atoms with E-state index in [0.717, 1.165) is 75.5 Å². The van der Waals surface area contributed by atoms with E-state index < -0.39 is 5.41 Å². The van der Waals surface area contributed by atoms with Crippen LogP contribution < -0.4 is 21.7 Å². The van der Waals surface area contributed by atoms with E-state index in [9.17, 15) is 19.5 Å². The highest BCUT2D eigenvalue weighted by Gasteiger charge is 2.56. The Hall–Kier alpha value is -5.29. The average molecular weight is 744 g/mol. The number of amides is 3. The third-order valence-electron chi connectivity index (χ3n) is 12.9. The minimum absolute atomic E-state index is 0.122. The van der Waals surface area contributed by atoms with Crippen molar-refractivity contribution in [1.82, 2.24) is 20.0 Å². The number of piperidine rings is 3. The van der Waals surface area contributed by atoms with Gasteiger partial charge in [-0.25, -0.2) is 0 Å². The number of nitrogens with zero attached hydrogens (tertiary/aromatic N) is 4. The predicted molar refractivity (Wildman–Crippen MR) is 213 cm³/mol. The number of rotatable bonds is 9. The lowest BCUT2D eigenvalue weighted by Crippen LogP contribution is -2.74. The molecular formula is C44H53N7O4. The number of imide groups is 1. The molecule has 5 aliphatic rings. The quantitative estimate of drug-likeness (QED) is 0.188. The Balaban J connectivity index is 0.823. The molecule has 8 rings (SSSR count). The Kier molecular flexibility index (Phi) is 10.1. The molecule has 0 saturated carbocycles. The van der Waals surface area contributed by atoms with Crippen molar-refractivity contribution in [2.24, 2.45) is 22.8 Å². The van der Waals surface area contributed by atoms with Gasteiger partial charge < -0.3 is 36.2 Å². The van der Waals surface area contributed by atoms with Crippen LogP contribution in [0.4, 0.5) is 5.69 Å². The number of nitrogens with two attached hydrogens (primary N) is 2. The number of likely N-dealkylation sites (tertiary alicyclic amines) is 3. The van der Waals surface area contributed by atoms with Gasteiger partial charge in [0.05, 0.1) is 17.0 Å². The number of hydrogen-bond acceptors (Lipinski definition) is 9. The summed E-state index contributed by atoms with van der Waals surface area (Å²) < 4.78 is 0. The smallest absolute Gasteiger partial charge is 0.234 e. The van der Waals surface area contributed by atoms with Crippen LogP contribution in [0, 0.1) is 11.3 Å². The molecule has 5 fully saturated rings. The number of allylic oxidation sites excluding steroid dienone is 1. The molecule has 5 heterocycles. The zero-order chi connectivity index (χ0) is 38.2. The lowest BCUT2D eigenvalue weighted by atomic mass is 9.67. The number of anilines is 1. The Morgan fingerprint density at radius 2 is 1.51 bits per heavy atom. The van der Waals surface area contributed by atoms with Gasteiger partial charge in [-0.05, 0) is 79.5 Å². The number of carbonyl (C=O) groups excluding carboxylic acids is 3. The number of aromatic hydroxyl groups is 1. The largest absolute Gasteiger partial charge is 0.507 e. The molecule has 1 spiro atoms. The van der Waals surface area contributed by atoms with Gasteiger partial charge in [-0.1, -0.05) is 54.6 Å². The number of para-hydroxylation sites is 1. The van der Waals surface area contributed by atoms with Crippen molar-refractivity contribution in [2.75, 3.05) is 63.8 Å². The fraction of sp³-hybridized carbons (Fsp3) is 0.432. The van der Waals surface area contributed by atoms with Crippen molar-refractivity contribution in [3.63, 3.8) is 0 Å². The summed E-state index contributed by atoms with van der Waals surface area (Å²) in [5.74, 6) is 0.403. The van der Waals surface area contributed by atoms with E-state index in [0.29, 0.717) is 56.0 Å². The number of benzene rings is 3. The van der Waals surface area contributed by atoms with Crippen molar-refractivity contribution >= 4 is 29.1 Å². The highest BCUT2D eigenvalue weighted by atomic mass is 16.3. The fourth-order valence-corrected chi connectivity index (χ4v) is 9.84. The third kappa shape index (κ3) is 7.29. The van der Waals surface area contributed by atoms with E-state index >= 15 is 0 Å². The van der Waals surface area contributed by atoms with Crippen LogP contribution in [0.25, 0.3) is 5.70 Å². The minimum Gasteiger partial charge on any atom is -0.507 e. The van der Waals surface area contributed by atoms with Crippen LogP contribution in [0.2, 0.25) is 0 Å². The van der Waals surface area contributed by atoms with Crippen LogP contribution in [0.15, 0.2) is 96.8 Å². The summed E-state index contributed by atoms with van der Waals surface area (Å²) in [4.78, 5) is 47.7. The van der Waals surface area contributed by atoms with Gasteiger partial charge in [0.1, 0.15) is 5.75 Å². The fourth-order valence-electron chi connectivity index (χ4n) is 9.84. The van der Waals surface area contributed by atoms with E-state index in [1.165, 1.54) is 5.69 Å². The van der Waals surface area contributed by atoms with Gasteiger partial charge in [0, 0.05) is 93.9 Å². The Morgan fingerprint density at radius 1 is 0.836 bits per heavy atom. The topological polar surface area (TPSA) is 148 Å². The molecule has 11 nitrogen and oxygen atoms in total. The van der Waals surface area contributed by atoms with Crippen LogP contribution in [-0.2, 0) is 19.8 Å². The first-order valence-corrected chi connectivity index (χ1v) is 19.8. The second-order valence-corrected chi connectivity index (χ2v) is 16.5. The molecule has 3 amide bonds. The zero-order valence-corrected chi connectivity index (χ0v) is 31.5. The summed E-state index contributed by atoms with van der Waals surface area (Å²) in [7, 11) is 0. The van der Waals surface area contributed by atoms with E-state index in [1.807, 2.05) is 42.5 Å². The molecule has 55 heavy (non-hydrogen) atoms. The van der Waals surface area contributed by atoms with Crippen LogP contribution in [-0.4, -0.2) is 96.4 Å². The first-order chi connectivity index (χ1) is 26.6. The molecule has 1 atom stereocenters. The molecule has 0 bridgehead atoms. The highest BCUT2D eigenvalue weighted by Crippen LogP contribution is 2.46. The first-order valence-electron chi connectivity index (χ1n) is 19.8. The monoisotopic (exact) mass is 743 g/mol. The van der Waals surface area contributed by atoms with Crippen LogP contribution >= 0.6 is 0 Å². The van der Waals surface area contributed by atoms with Gasteiger partial charge in [0.15, 0.2) is 0 Å².